The molecule has 29 heavy (non-hydrogen) atoms. The fourth-order valence-electron chi connectivity index (χ4n) is 2.43. The van der Waals surface area contributed by atoms with E-state index in [1.807, 2.05) is 0 Å². The molecule has 0 saturated heterocycles. The molecule has 0 atom stereocenters. The van der Waals surface area contributed by atoms with Crippen LogP contribution < -0.4 is 25.1 Å². The molecule has 0 aliphatic carbocycles. The molecular formula is C20H18Cl2N2O5. The molecule has 0 aromatic heterocycles. The smallest absolute Gasteiger partial charge is 0.262 e. The van der Waals surface area contributed by atoms with Gasteiger partial charge in [0, 0.05) is 17.5 Å². The molecule has 0 fully saturated rings. The van der Waals surface area contributed by atoms with Crippen LogP contribution in [0.3, 0.4) is 0 Å². The third-order valence-corrected chi connectivity index (χ3v) is 4.38. The molecule has 0 saturated carbocycles. The van der Waals surface area contributed by atoms with E-state index in [0.29, 0.717) is 40.3 Å². The fourth-order valence-corrected chi connectivity index (χ4v) is 2.89. The van der Waals surface area contributed by atoms with Crippen LogP contribution in [0.15, 0.2) is 42.5 Å². The van der Waals surface area contributed by atoms with Gasteiger partial charge < -0.3 is 14.2 Å². The Hall–Kier alpha value is -2.90. The molecule has 7 nitrogen and oxygen atoms in total. The highest BCUT2D eigenvalue weighted by Gasteiger charge is 2.12. The Balaban J connectivity index is 1.34. The van der Waals surface area contributed by atoms with Crippen LogP contribution in [0.5, 0.6) is 17.2 Å². The summed E-state index contributed by atoms with van der Waals surface area (Å²) >= 11 is 11.8. The minimum Gasteiger partial charge on any atom is -0.492 e. The summed E-state index contributed by atoms with van der Waals surface area (Å²) in [4.78, 5) is 23.6. The molecule has 0 radical (unpaired) electrons. The standard InChI is InChI=1S/C20H18Cl2N2O5/c21-14-5-7-16(15(22)11-14)27-9-1-2-19(25)23-24-20(26)8-4-13-3-6-17-18(10-13)29-12-28-17/h3-8,10-11H,1-2,9,12H2,(H,23,25)(H,24,26). The summed E-state index contributed by atoms with van der Waals surface area (Å²) in [5.74, 6) is 1.00. The van der Waals surface area contributed by atoms with Crippen LogP contribution in [-0.4, -0.2) is 25.2 Å². The Bertz CT molecular complexity index is 933. The van der Waals surface area contributed by atoms with E-state index in [4.69, 9.17) is 37.4 Å². The molecule has 3 rings (SSSR count). The van der Waals surface area contributed by atoms with E-state index in [9.17, 15) is 9.59 Å². The maximum absolute atomic E-state index is 11.8. The molecule has 0 bridgehead atoms. The minimum atomic E-state index is -0.458. The second kappa shape index (κ2) is 10.0. The van der Waals surface area contributed by atoms with E-state index >= 15 is 0 Å². The van der Waals surface area contributed by atoms with Crippen molar-refractivity contribution in [2.75, 3.05) is 13.4 Å². The lowest BCUT2D eigenvalue weighted by atomic mass is 10.2. The lowest BCUT2D eigenvalue weighted by Gasteiger charge is -2.08. The number of ether oxygens (including phenoxy) is 3. The van der Waals surface area contributed by atoms with E-state index in [-0.39, 0.29) is 19.1 Å². The number of nitrogens with one attached hydrogen (secondary N) is 2. The number of carbonyl (C=O) groups excluding carboxylic acids is 2. The van der Waals surface area contributed by atoms with Gasteiger partial charge in [-0.15, -0.1) is 0 Å². The van der Waals surface area contributed by atoms with Crippen LogP contribution in [-0.2, 0) is 9.59 Å². The summed E-state index contributed by atoms with van der Waals surface area (Å²) in [6.45, 7) is 0.486. The zero-order valence-electron chi connectivity index (χ0n) is 15.2. The molecular weight excluding hydrogens is 419 g/mol. The van der Waals surface area contributed by atoms with Crippen LogP contribution in [0.1, 0.15) is 18.4 Å². The molecule has 2 amide bonds. The maximum Gasteiger partial charge on any atom is 0.262 e. The van der Waals surface area contributed by atoms with Crippen molar-refractivity contribution in [1.29, 1.82) is 0 Å². The third kappa shape index (κ3) is 6.30. The Morgan fingerprint density at radius 2 is 1.90 bits per heavy atom. The van der Waals surface area contributed by atoms with Crippen molar-refractivity contribution < 1.29 is 23.8 Å². The summed E-state index contributed by atoms with van der Waals surface area (Å²) in [7, 11) is 0. The Labute approximate surface area is 177 Å². The molecule has 152 valence electrons. The molecule has 1 aliphatic heterocycles. The van der Waals surface area contributed by atoms with E-state index in [2.05, 4.69) is 10.9 Å². The van der Waals surface area contributed by atoms with Crippen LogP contribution in [0, 0.1) is 0 Å². The topological polar surface area (TPSA) is 85.9 Å². The number of hydrogen-bond donors (Lipinski definition) is 2. The summed E-state index contributed by atoms with van der Waals surface area (Å²) in [5.41, 5.74) is 5.44. The van der Waals surface area contributed by atoms with Gasteiger partial charge >= 0.3 is 0 Å². The molecule has 2 N–H and O–H groups in total. The van der Waals surface area contributed by atoms with Gasteiger partial charge in [0.2, 0.25) is 12.7 Å². The Kier molecular flexibility index (Phi) is 7.21. The van der Waals surface area contributed by atoms with Crippen molar-refractivity contribution in [3.8, 4) is 17.2 Å². The predicted molar refractivity (Wildman–Crippen MR) is 109 cm³/mol. The largest absolute Gasteiger partial charge is 0.492 e. The van der Waals surface area contributed by atoms with E-state index in [1.54, 1.807) is 42.5 Å². The predicted octanol–water partition coefficient (Wildman–Crippen LogP) is 3.74. The minimum absolute atomic E-state index is 0.178. The van der Waals surface area contributed by atoms with Gasteiger partial charge in [0.05, 0.1) is 11.6 Å². The zero-order valence-corrected chi connectivity index (χ0v) is 16.8. The van der Waals surface area contributed by atoms with Crippen molar-refractivity contribution in [3.05, 3.63) is 58.1 Å². The van der Waals surface area contributed by atoms with Crippen LogP contribution in [0.4, 0.5) is 0 Å². The Morgan fingerprint density at radius 1 is 1.07 bits per heavy atom. The summed E-state index contributed by atoms with van der Waals surface area (Å²) in [6.07, 6.45) is 3.54. The second-order valence-electron chi connectivity index (χ2n) is 6.01. The molecule has 1 aliphatic rings. The number of hydrogen-bond acceptors (Lipinski definition) is 5. The Morgan fingerprint density at radius 3 is 2.72 bits per heavy atom. The first-order chi connectivity index (χ1) is 14.0. The van der Waals surface area contributed by atoms with Gasteiger partial charge in [0.25, 0.3) is 5.91 Å². The third-order valence-electron chi connectivity index (χ3n) is 3.85. The molecule has 9 heteroatoms. The first-order valence-electron chi connectivity index (χ1n) is 8.75. The number of carbonyl (C=O) groups is 2. The first-order valence-corrected chi connectivity index (χ1v) is 9.51. The number of rotatable bonds is 7. The van der Waals surface area contributed by atoms with Gasteiger partial charge in [-0.25, -0.2) is 0 Å². The van der Waals surface area contributed by atoms with Gasteiger partial charge in [0.15, 0.2) is 11.5 Å². The zero-order chi connectivity index (χ0) is 20.6. The van der Waals surface area contributed by atoms with Crippen LogP contribution in [0.2, 0.25) is 10.0 Å². The number of halogens is 2. The number of amides is 2. The summed E-state index contributed by atoms with van der Waals surface area (Å²) < 4.78 is 16.0. The molecule has 1 heterocycles. The van der Waals surface area contributed by atoms with Gasteiger partial charge in [0.1, 0.15) is 5.75 Å². The van der Waals surface area contributed by atoms with E-state index in [0.717, 1.165) is 5.56 Å². The van der Waals surface area contributed by atoms with Crippen molar-refractivity contribution in [1.82, 2.24) is 10.9 Å². The van der Waals surface area contributed by atoms with Gasteiger partial charge in [-0.2, -0.15) is 0 Å². The highest BCUT2D eigenvalue weighted by molar-refractivity contribution is 6.35. The van der Waals surface area contributed by atoms with Crippen molar-refractivity contribution in [2.24, 2.45) is 0 Å². The molecule has 2 aromatic rings. The maximum atomic E-state index is 11.8. The second-order valence-corrected chi connectivity index (χ2v) is 6.85. The molecule has 2 aromatic carbocycles. The average molecular weight is 437 g/mol. The van der Waals surface area contributed by atoms with Gasteiger partial charge in [-0.05, 0) is 48.4 Å². The highest BCUT2D eigenvalue weighted by Crippen LogP contribution is 2.32. The van der Waals surface area contributed by atoms with Gasteiger partial charge in [-0.3, -0.25) is 20.4 Å². The quantitative estimate of drug-likeness (QED) is 0.392. The molecule has 0 spiro atoms. The fraction of sp³-hybridized carbons (Fsp3) is 0.200. The lowest BCUT2D eigenvalue weighted by molar-refractivity contribution is -0.126. The SMILES string of the molecule is O=C(C=Cc1ccc2c(c1)OCO2)NNC(=O)CCCOc1ccc(Cl)cc1Cl. The first kappa shape index (κ1) is 20.8. The van der Waals surface area contributed by atoms with Crippen molar-refractivity contribution in [3.63, 3.8) is 0 Å². The van der Waals surface area contributed by atoms with Crippen molar-refractivity contribution in [2.45, 2.75) is 12.8 Å². The van der Waals surface area contributed by atoms with E-state index < -0.39 is 5.91 Å². The number of hydrazine groups is 1. The monoisotopic (exact) mass is 436 g/mol. The molecule has 0 unspecified atom stereocenters. The van der Waals surface area contributed by atoms with Gasteiger partial charge in [-0.1, -0.05) is 29.3 Å². The number of fused-ring (bicyclic) bond motifs is 1. The summed E-state index contributed by atoms with van der Waals surface area (Å²) in [5, 5.41) is 0.925. The van der Waals surface area contributed by atoms with Crippen molar-refractivity contribution >= 4 is 41.1 Å². The lowest BCUT2D eigenvalue weighted by Crippen LogP contribution is -2.40. The van der Waals surface area contributed by atoms with Crippen LogP contribution >= 0.6 is 23.2 Å². The summed E-state index contributed by atoms with van der Waals surface area (Å²) in [6, 6.07) is 10.2. The normalized spacial score (nSPS) is 12.1. The average Bonchev–Trinajstić information content (AvgIpc) is 3.17. The van der Waals surface area contributed by atoms with Crippen LogP contribution in [0.25, 0.3) is 6.08 Å². The number of benzene rings is 2. The van der Waals surface area contributed by atoms with E-state index in [1.165, 1.54) is 6.08 Å². The highest BCUT2D eigenvalue weighted by atomic mass is 35.5.